The van der Waals surface area contributed by atoms with E-state index in [1.807, 2.05) is 30.3 Å². The molecule has 0 saturated carbocycles. The van der Waals surface area contributed by atoms with Crippen LogP contribution in [-0.4, -0.2) is 22.3 Å². The van der Waals surface area contributed by atoms with E-state index in [4.69, 9.17) is 15.0 Å². The van der Waals surface area contributed by atoms with Gasteiger partial charge in [-0.25, -0.2) is 4.79 Å². The van der Waals surface area contributed by atoms with E-state index in [9.17, 15) is 9.59 Å². The Balaban J connectivity index is 1.83. The van der Waals surface area contributed by atoms with Crippen LogP contribution in [0, 0.1) is 0 Å². The summed E-state index contributed by atoms with van der Waals surface area (Å²) in [6.07, 6.45) is 0. The SMILES string of the molecule is [N-]=[N+]=C1C(=O)Oc2cc(OCc3ccccc3)ccc2C1=O. The molecule has 3 rings (SSSR count). The third-order valence-electron chi connectivity index (χ3n) is 3.16. The molecule has 1 aliphatic heterocycles. The maximum Gasteiger partial charge on any atom is 0.446 e. The molecule has 1 aliphatic rings. The predicted octanol–water partition coefficient (Wildman–Crippen LogP) is 2.04. The van der Waals surface area contributed by atoms with Gasteiger partial charge in [0.1, 0.15) is 18.1 Å². The van der Waals surface area contributed by atoms with Gasteiger partial charge in [-0.15, -0.1) is 0 Å². The second-order valence-corrected chi connectivity index (χ2v) is 4.60. The normalized spacial score (nSPS) is 13.2. The van der Waals surface area contributed by atoms with E-state index in [2.05, 4.69) is 4.79 Å². The molecule has 22 heavy (non-hydrogen) atoms. The number of nitrogens with zero attached hydrogens (tertiary/aromatic N) is 2. The lowest BCUT2D eigenvalue weighted by Gasteiger charge is -2.13. The molecule has 0 fully saturated rings. The molecule has 2 aromatic rings. The fourth-order valence-electron chi connectivity index (χ4n) is 2.06. The molecule has 0 bridgehead atoms. The Morgan fingerprint density at radius 3 is 2.59 bits per heavy atom. The van der Waals surface area contributed by atoms with E-state index in [1.54, 1.807) is 6.07 Å². The first kappa shape index (κ1) is 13.7. The Hall–Kier alpha value is -3.24. The number of benzene rings is 2. The first-order valence-corrected chi connectivity index (χ1v) is 6.49. The molecule has 0 saturated heterocycles. The molecule has 0 atom stereocenters. The zero-order chi connectivity index (χ0) is 15.5. The fourth-order valence-corrected chi connectivity index (χ4v) is 2.06. The van der Waals surface area contributed by atoms with Crippen molar-refractivity contribution in [2.45, 2.75) is 6.61 Å². The van der Waals surface area contributed by atoms with Gasteiger partial charge in [0.2, 0.25) is 0 Å². The number of carbonyl (C=O) groups excluding carboxylic acids is 2. The summed E-state index contributed by atoms with van der Waals surface area (Å²) in [6, 6.07) is 14.1. The molecule has 0 aliphatic carbocycles. The highest BCUT2D eigenvalue weighted by Gasteiger charge is 2.40. The molecule has 0 aromatic heterocycles. The number of hydrogen-bond donors (Lipinski definition) is 0. The van der Waals surface area contributed by atoms with E-state index in [-0.39, 0.29) is 11.3 Å². The largest absolute Gasteiger partial charge is 0.489 e. The van der Waals surface area contributed by atoms with Crippen molar-refractivity contribution in [3.63, 3.8) is 0 Å². The number of carbonyl (C=O) groups is 2. The first-order valence-electron chi connectivity index (χ1n) is 6.49. The average Bonchev–Trinajstić information content (AvgIpc) is 2.54. The number of hydrogen-bond acceptors (Lipinski definition) is 4. The minimum absolute atomic E-state index is 0.0907. The van der Waals surface area contributed by atoms with Gasteiger partial charge >= 0.3 is 11.7 Å². The van der Waals surface area contributed by atoms with E-state index in [0.717, 1.165) is 5.56 Å². The summed E-state index contributed by atoms with van der Waals surface area (Å²) in [5, 5.41) is 0. The third-order valence-corrected chi connectivity index (χ3v) is 3.16. The fraction of sp³-hybridized carbons (Fsp3) is 0.0625. The Bertz CT molecular complexity index is 808. The summed E-state index contributed by atoms with van der Waals surface area (Å²) in [6.45, 7) is 0.352. The van der Waals surface area contributed by atoms with Crippen molar-refractivity contribution < 1.29 is 23.9 Å². The standard InChI is InChI=1S/C16H10N2O4/c17-18-14-15(19)12-7-6-11(8-13(12)22-16(14)20)21-9-10-4-2-1-3-5-10/h1-8H,9H2. The molecule has 1 heterocycles. The monoisotopic (exact) mass is 294 g/mol. The van der Waals surface area contributed by atoms with Gasteiger partial charge in [-0.3, -0.25) is 4.79 Å². The van der Waals surface area contributed by atoms with Crippen molar-refractivity contribution in [1.29, 1.82) is 0 Å². The van der Waals surface area contributed by atoms with Crippen molar-refractivity contribution in [2.75, 3.05) is 0 Å². The minimum atomic E-state index is -0.986. The van der Waals surface area contributed by atoms with Crippen LogP contribution in [0.4, 0.5) is 0 Å². The highest BCUT2D eigenvalue weighted by atomic mass is 16.5. The van der Waals surface area contributed by atoms with Gasteiger partial charge in [-0.05, 0) is 17.7 Å². The van der Waals surface area contributed by atoms with E-state index in [1.165, 1.54) is 12.1 Å². The van der Waals surface area contributed by atoms with Gasteiger partial charge < -0.3 is 15.0 Å². The van der Waals surface area contributed by atoms with Crippen molar-refractivity contribution in [3.05, 3.63) is 65.2 Å². The zero-order valence-corrected chi connectivity index (χ0v) is 11.4. The van der Waals surface area contributed by atoms with Crippen LogP contribution in [0.2, 0.25) is 0 Å². The molecule has 0 amide bonds. The molecule has 0 radical (unpaired) electrons. The van der Waals surface area contributed by atoms with Gasteiger partial charge in [0.05, 0.1) is 5.56 Å². The zero-order valence-electron chi connectivity index (χ0n) is 11.4. The molecule has 6 heteroatoms. The summed E-state index contributed by atoms with van der Waals surface area (Å²) in [5.41, 5.74) is 9.17. The van der Waals surface area contributed by atoms with Gasteiger partial charge in [-0.1, -0.05) is 30.3 Å². The summed E-state index contributed by atoms with van der Waals surface area (Å²) < 4.78 is 10.6. The van der Waals surface area contributed by atoms with E-state index >= 15 is 0 Å². The molecular weight excluding hydrogens is 284 g/mol. The van der Waals surface area contributed by atoms with Crippen LogP contribution < -0.4 is 9.47 Å². The Morgan fingerprint density at radius 2 is 1.86 bits per heavy atom. The van der Waals surface area contributed by atoms with Crippen LogP contribution in [0.5, 0.6) is 11.5 Å². The van der Waals surface area contributed by atoms with Crippen LogP contribution >= 0.6 is 0 Å². The maximum absolute atomic E-state index is 11.9. The lowest BCUT2D eigenvalue weighted by atomic mass is 10.0. The van der Waals surface area contributed by atoms with E-state index in [0.29, 0.717) is 12.4 Å². The quantitative estimate of drug-likeness (QED) is 0.375. The molecule has 108 valence electrons. The topological polar surface area (TPSA) is 89.0 Å². The highest BCUT2D eigenvalue weighted by molar-refractivity contribution is 6.67. The van der Waals surface area contributed by atoms with Crippen LogP contribution in [-0.2, 0) is 11.4 Å². The van der Waals surface area contributed by atoms with Crippen molar-refractivity contribution in [3.8, 4) is 11.5 Å². The number of Topliss-reactive ketones (excluding diaryl/α,β-unsaturated/α-hetero) is 1. The van der Waals surface area contributed by atoms with E-state index < -0.39 is 17.5 Å². The summed E-state index contributed by atoms with van der Waals surface area (Å²) >= 11 is 0. The Morgan fingerprint density at radius 1 is 1.09 bits per heavy atom. The number of fused-ring (bicyclic) bond motifs is 1. The number of esters is 1. The predicted molar refractivity (Wildman–Crippen MR) is 75.8 cm³/mol. The van der Waals surface area contributed by atoms with Gasteiger partial charge in [-0.2, -0.15) is 4.79 Å². The van der Waals surface area contributed by atoms with Crippen LogP contribution in [0.25, 0.3) is 5.53 Å². The molecule has 0 unspecified atom stereocenters. The Kier molecular flexibility index (Phi) is 3.52. The summed E-state index contributed by atoms with van der Waals surface area (Å²) in [7, 11) is 0. The first-order chi connectivity index (χ1) is 10.7. The summed E-state index contributed by atoms with van der Waals surface area (Å²) in [5.74, 6) is -1.11. The second kappa shape index (κ2) is 5.63. The number of ether oxygens (including phenoxy) is 2. The summed E-state index contributed by atoms with van der Waals surface area (Å²) in [4.78, 5) is 26.1. The number of rotatable bonds is 3. The van der Waals surface area contributed by atoms with Crippen molar-refractivity contribution >= 4 is 17.5 Å². The lowest BCUT2D eigenvalue weighted by molar-refractivity contribution is -0.131. The smallest absolute Gasteiger partial charge is 0.446 e. The average molecular weight is 294 g/mol. The van der Waals surface area contributed by atoms with Crippen LogP contribution in [0.15, 0.2) is 48.5 Å². The highest BCUT2D eigenvalue weighted by Crippen LogP contribution is 2.29. The van der Waals surface area contributed by atoms with Gasteiger partial charge in [0, 0.05) is 6.07 Å². The minimum Gasteiger partial charge on any atom is -0.489 e. The third kappa shape index (κ3) is 2.51. The second-order valence-electron chi connectivity index (χ2n) is 4.60. The number of ketones is 1. The molecule has 0 N–H and O–H groups in total. The molecule has 2 aromatic carbocycles. The van der Waals surface area contributed by atoms with Crippen LogP contribution in [0.3, 0.4) is 0 Å². The maximum atomic E-state index is 11.9. The Labute approximate surface area is 125 Å². The van der Waals surface area contributed by atoms with Crippen molar-refractivity contribution in [2.24, 2.45) is 0 Å². The lowest BCUT2D eigenvalue weighted by Crippen LogP contribution is -2.34. The van der Waals surface area contributed by atoms with Gasteiger partial charge in [0.15, 0.2) is 0 Å². The van der Waals surface area contributed by atoms with Crippen LogP contribution in [0.1, 0.15) is 15.9 Å². The van der Waals surface area contributed by atoms with Gasteiger partial charge in [0.25, 0.3) is 5.78 Å². The van der Waals surface area contributed by atoms with Crippen molar-refractivity contribution in [1.82, 2.24) is 0 Å². The molecular formula is C16H10N2O4. The molecule has 0 spiro atoms. The molecule has 6 nitrogen and oxygen atoms in total.